The second-order valence-electron chi connectivity index (χ2n) is 4.58. The van der Waals surface area contributed by atoms with Crippen LogP contribution in [0.3, 0.4) is 0 Å². The first-order chi connectivity index (χ1) is 10.6. The molecule has 3 aromatic rings. The predicted molar refractivity (Wildman–Crippen MR) is 78.3 cm³/mol. The zero-order valence-electron chi connectivity index (χ0n) is 12.6. The van der Waals surface area contributed by atoms with E-state index in [9.17, 15) is 0 Å². The first kappa shape index (κ1) is 14.5. The van der Waals surface area contributed by atoms with Gasteiger partial charge >= 0.3 is 0 Å². The van der Waals surface area contributed by atoms with Gasteiger partial charge in [0.15, 0.2) is 0 Å². The molecule has 0 saturated heterocycles. The van der Waals surface area contributed by atoms with E-state index in [0.717, 1.165) is 22.0 Å². The molecule has 0 aromatic carbocycles. The molecule has 3 aromatic heterocycles. The van der Waals surface area contributed by atoms with E-state index in [1.54, 1.807) is 19.5 Å². The van der Waals surface area contributed by atoms with E-state index in [-0.39, 0.29) is 0 Å². The summed E-state index contributed by atoms with van der Waals surface area (Å²) in [5.41, 5.74) is 1.60. The summed E-state index contributed by atoms with van der Waals surface area (Å²) in [6, 6.07) is 1.75. The molecule has 3 rings (SSSR count). The van der Waals surface area contributed by atoms with Crippen molar-refractivity contribution in [1.29, 1.82) is 0 Å². The summed E-state index contributed by atoms with van der Waals surface area (Å²) >= 11 is 1.39. The molecule has 0 spiro atoms. The van der Waals surface area contributed by atoms with Crippen LogP contribution in [0.4, 0.5) is 0 Å². The average molecular weight is 318 g/mol. The van der Waals surface area contributed by atoms with Gasteiger partial charge in [-0.2, -0.15) is 9.67 Å². The minimum absolute atomic E-state index is 0.412. The number of methoxy groups -OCH3 is 1. The smallest absolute Gasteiger partial charge is 0.255 e. The highest BCUT2D eigenvalue weighted by Gasteiger charge is 2.14. The second kappa shape index (κ2) is 5.76. The molecule has 0 unspecified atom stereocenters. The molecule has 0 radical (unpaired) electrons. The van der Waals surface area contributed by atoms with Crippen molar-refractivity contribution in [3.8, 4) is 11.8 Å². The van der Waals surface area contributed by atoms with Crippen LogP contribution in [0.15, 0.2) is 27.0 Å². The minimum atomic E-state index is 0.412. The highest BCUT2D eigenvalue weighted by atomic mass is 32.2. The zero-order chi connectivity index (χ0) is 15.7. The Labute approximate surface area is 130 Å². The van der Waals surface area contributed by atoms with Crippen LogP contribution in [-0.2, 0) is 0 Å². The third kappa shape index (κ3) is 2.80. The van der Waals surface area contributed by atoms with Crippen LogP contribution >= 0.6 is 11.8 Å². The van der Waals surface area contributed by atoms with E-state index in [2.05, 4.69) is 25.2 Å². The number of aryl methyl sites for hydroxylation is 3. The van der Waals surface area contributed by atoms with Crippen LogP contribution in [0.1, 0.15) is 17.1 Å². The Morgan fingerprint density at radius 1 is 1.23 bits per heavy atom. The number of hydrogen-bond acceptors (Lipinski definition) is 8. The lowest BCUT2D eigenvalue weighted by molar-refractivity contribution is 0.391. The fourth-order valence-corrected chi connectivity index (χ4v) is 2.61. The number of hydrogen-bond donors (Lipinski definition) is 0. The van der Waals surface area contributed by atoms with E-state index in [1.165, 1.54) is 16.4 Å². The van der Waals surface area contributed by atoms with E-state index < -0.39 is 0 Å². The van der Waals surface area contributed by atoms with Crippen molar-refractivity contribution in [2.75, 3.05) is 7.11 Å². The summed E-state index contributed by atoms with van der Waals surface area (Å²) in [5.74, 6) is 1.64. The van der Waals surface area contributed by atoms with Crippen LogP contribution < -0.4 is 4.74 Å². The second-order valence-corrected chi connectivity index (χ2v) is 5.56. The van der Waals surface area contributed by atoms with E-state index in [1.807, 2.05) is 20.8 Å². The SMILES string of the molecule is COc1cc(C)nc(-n2cnc(Sc3c(C)noc3C)n2)n1. The standard InChI is InChI=1S/C13H14N6O2S/c1-7-5-10(20-4)16-12(15-7)19-6-14-13(17-19)22-11-8(2)18-21-9(11)3/h5-6H,1-4H3. The van der Waals surface area contributed by atoms with Crippen molar-refractivity contribution in [3.63, 3.8) is 0 Å². The quantitative estimate of drug-likeness (QED) is 0.722. The summed E-state index contributed by atoms with van der Waals surface area (Å²) in [4.78, 5) is 13.8. The van der Waals surface area contributed by atoms with Gasteiger partial charge in [-0.05, 0) is 32.5 Å². The molecule has 0 bridgehead atoms. The zero-order valence-corrected chi connectivity index (χ0v) is 13.4. The maximum Gasteiger partial charge on any atom is 0.255 e. The van der Waals surface area contributed by atoms with E-state index in [0.29, 0.717) is 17.0 Å². The molecule has 3 heterocycles. The summed E-state index contributed by atoms with van der Waals surface area (Å²) in [7, 11) is 1.56. The lowest BCUT2D eigenvalue weighted by atomic mass is 10.4. The van der Waals surface area contributed by atoms with Gasteiger partial charge < -0.3 is 9.26 Å². The Morgan fingerprint density at radius 2 is 2.05 bits per heavy atom. The third-order valence-electron chi connectivity index (χ3n) is 2.87. The van der Waals surface area contributed by atoms with Crippen LogP contribution in [0, 0.1) is 20.8 Å². The predicted octanol–water partition coefficient (Wildman–Crippen LogP) is 2.13. The number of rotatable bonds is 4. The maximum atomic E-state index is 5.14. The summed E-state index contributed by atoms with van der Waals surface area (Å²) < 4.78 is 11.8. The molecule has 0 aliphatic heterocycles. The molecule has 0 atom stereocenters. The van der Waals surface area contributed by atoms with Gasteiger partial charge in [0.05, 0.1) is 17.7 Å². The molecule has 8 nitrogen and oxygen atoms in total. The van der Waals surface area contributed by atoms with Crippen molar-refractivity contribution >= 4 is 11.8 Å². The van der Waals surface area contributed by atoms with Crippen molar-refractivity contribution in [3.05, 3.63) is 29.5 Å². The van der Waals surface area contributed by atoms with Gasteiger partial charge in [-0.25, -0.2) is 9.97 Å². The highest BCUT2D eigenvalue weighted by molar-refractivity contribution is 7.99. The Balaban J connectivity index is 1.89. The summed E-state index contributed by atoms with van der Waals surface area (Å²) in [5, 5.41) is 8.85. The molecular weight excluding hydrogens is 304 g/mol. The minimum Gasteiger partial charge on any atom is -0.481 e. The average Bonchev–Trinajstić information content (AvgIpc) is 3.09. The van der Waals surface area contributed by atoms with E-state index >= 15 is 0 Å². The molecule has 0 fully saturated rings. The Kier molecular flexibility index (Phi) is 3.80. The molecule has 9 heteroatoms. The molecular formula is C13H14N6O2S. The van der Waals surface area contributed by atoms with Gasteiger partial charge in [-0.1, -0.05) is 5.16 Å². The molecule has 0 amide bonds. The molecule has 0 aliphatic carbocycles. The van der Waals surface area contributed by atoms with Crippen LogP contribution in [0.2, 0.25) is 0 Å². The maximum absolute atomic E-state index is 5.14. The lowest BCUT2D eigenvalue weighted by Gasteiger charge is -2.03. The first-order valence-corrected chi connectivity index (χ1v) is 7.31. The monoisotopic (exact) mass is 318 g/mol. The topological polar surface area (TPSA) is 91.8 Å². The lowest BCUT2D eigenvalue weighted by Crippen LogP contribution is -2.04. The van der Waals surface area contributed by atoms with Gasteiger partial charge in [-0.15, -0.1) is 5.10 Å². The van der Waals surface area contributed by atoms with Crippen molar-refractivity contribution in [2.45, 2.75) is 30.8 Å². The van der Waals surface area contributed by atoms with Crippen LogP contribution in [-0.4, -0.2) is 37.0 Å². The number of ether oxygens (including phenoxy) is 1. The molecule has 0 saturated carbocycles. The molecule has 22 heavy (non-hydrogen) atoms. The fourth-order valence-electron chi connectivity index (χ4n) is 1.83. The van der Waals surface area contributed by atoms with Crippen LogP contribution in [0.25, 0.3) is 5.95 Å². The van der Waals surface area contributed by atoms with Gasteiger partial charge in [0.25, 0.3) is 5.95 Å². The Hall–Kier alpha value is -2.42. The van der Waals surface area contributed by atoms with Crippen molar-refractivity contribution in [2.24, 2.45) is 0 Å². The fraction of sp³-hybridized carbons (Fsp3) is 0.308. The van der Waals surface area contributed by atoms with Crippen molar-refractivity contribution < 1.29 is 9.26 Å². The summed E-state index contributed by atoms with van der Waals surface area (Å²) in [6.45, 7) is 5.60. The Bertz CT molecular complexity index is 793. The number of aromatic nitrogens is 6. The van der Waals surface area contributed by atoms with Crippen molar-refractivity contribution in [1.82, 2.24) is 29.9 Å². The normalized spacial score (nSPS) is 10.9. The van der Waals surface area contributed by atoms with Gasteiger partial charge in [0.1, 0.15) is 12.1 Å². The first-order valence-electron chi connectivity index (χ1n) is 6.49. The molecule has 114 valence electrons. The summed E-state index contributed by atoms with van der Waals surface area (Å²) in [6.07, 6.45) is 1.56. The largest absolute Gasteiger partial charge is 0.481 e. The van der Waals surface area contributed by atoms with Gasteiger partial charge in [0.2, 0.25) is 11.0 Å². The molecule has 0 aliphatic rings. The van der Waals surface area contributed by atoms with E-state index in [4.69, 9.17) is 9.26 Å². The highest BCUT2D eigenvalue weighted by Crippen LogP contribution is 2.30. The van der Waals surface area contributed by atoms with Gasteiger partial charge in [0, 0.05) is 11.8 Å². The number of nitrogens with zero attached hydrogens (tertiary/aromatic N) is 6. The third-order valence-corrected chi connectivity index (χ3v) is 4.02. The Morgan fingerprint density at radius 3 is 2.73 bits per heavy atom. The molecule has 0 N–H and O–H groups in total. The van der Waals surface area contributed by atoms with Gasteiger partial charge in [-0.3, -0.25) is 0 Å². The van der Waals surface area contributed by atoms with Crippen LogP contribution in [0.5, 0.6) is 5.88 Å².